The second-order valence-electron chi connectivity index (χ2n) is 5.68. The van der Waals surface area contributed by atoms with Crippen LogP contribution in [0.25, 0.3) is 0 Å². The van der Waals surface area contributed by atoms with Crippen LogP contribution in [0.5, 0.6) is 0 Å². The average molecular weight is 274 g/mol. The molecule has 0 spiro atoms. The van der Waals surface area contributed by atoms with E-state index in [-0.39, 0.29) is 11.8 Å². The van der Waals surface area contributed by atoms with Gasteiger partial charge in [0.25, 0.3) is 0 Å². The van der Waals surface area contributed by atoms with Gasteiger partial charge in [0.15, 0.2) is 0 Å². The number of rotatable bonds is 3. The molecule has 1 fully saturated rings. The fraction of sp³-hybridized carbons (Fsp3) is 0.500. The third kappa shape index (κ3) is 2.42. The Hall–Kier alpha value is -1.84. The van der Waals surface area contributed by atoms with Crippen molar-refractivity contribution in [2.75, 3.05) is 11.9 Å². The molecule has 2 amide bonds. The number of amides is 2. The van der Waals surface area contributed by atoms with Crippen LogP contribution >= 0.6 is 0 Å². The van der Waals surface area contributed by atoms with Gasteiger partial charge in [0.05, 0.1) is 0 Å². The van der Waals surface area contributed by atoms with Crippen molar-refractivity contribution < 1.29 is 9.59 Å². The number of carbonyl (C=O) groups is 2. The number of hydrogen-bond acceptors (Lipinski definition) is 2. The number of aryl methyl sites for hydroxylation is 2. The number of carbonyl (C=O) groups excluding carboxylic acids is 2. The van der Waals surface area contributed by atoms with Crippen LogP contribution in [0.4, 0.5) is 5.69 Å². The fourth-order valence-electron chi connectivity index (χ4n) is 2.47. The molecule has 1 aromatic carbocycles. The molecule has 108 valence electrons. The van der Waals surface area contributed by atoms with Crippen molar-refractivity contribution in [3.8, 4) is 0 Å². The van der Waals surface area contributed by atoms with Gasteiger partial charge in [0, 0.05) is 18.7 Å². The molecule has 1 saturated heterocycles. The second-order valence-corrected chi connectivity index (χ2v) is 5.68. The second kappa shape index (κ2) is 5.27. The molecule has 1 atom stereocenters. The summed E-state index contributed by atoms with van der Waals surface area (Å²) in [6, 6.07) is 5.85. The number of likely N-dealkylation sites (tertiary alicyclic amines) is 1. The normalized spacial score (nSPS) is 21.3. The summed E-state index contributed by atoms with van der Waals surface area (Å²) in [7, 11) is 0. The molecular formula is C16H22N2O2. The molecule has 0 radical (unpaired) electrons. The first-order chi connectivity index (χ1) is 9.38. The molecule has 1 aliphatic rings. The summed E-state index contributed by atoms with van der Waals surface area (Å²) in [6.45, 7) is 8.38. The van der Waals surface area contributed by atoms with Crippen molar-refractivity contribution in [1.82, 2.24) is 4.90 Å². The molecule has 1 aliphatic heterocycles. The first-order valence-corrected chi connectivity index (χ1v) is 7.07. The highest BCUT2D eigenvalue weighted by Crippen LogP contribution is 2.32. The lowest BCUT2D eigenvalue weighted by Crippen LogP contribution is -2.66. The Morgan fingerprint density at radius 2 is 2.00 bits per heavy atom. The van der Waals surface area contributed by atoms with E-state index in [1.807, 2.05) is 45.9 Å². The standard InChI is InChI=1S/C16H22N2O2/c1-5-14(19)18-9-8-16(18,4)15(20)17-13-7-6-11(2)12(3)10-13/h6-7,10H,5,8-9H2,1-4H3,(H,17,20). The molecule has 1 unspecified atom stereocenters. The van der Waals surface area contributed by atoms with E-state index in [0.29, 0.717) is 13.0 Å². The van der Waals surface area contributed by atoms with Crippen LogP contribution in [-0.2, 0) is 9.59 Å². The van der Waals surface area contributed by atoms with Gasteiger partial charge in [-0.1, -0.05) is 13.0 Å². The Balaban J connectivity index is 2.11. The lowest BCUT2D eigenvalue weighted by Gasteiger charge is -2.49. The van der Waals surface area contributed by atoms with Crippen molar-refractivity contribution in [3.63, 3.8) is 0 Å². The van der Waals surface area contributed by atoms with Crippen LogP contribution in [0.3, 0.4) is 0 Å². The van der Waals surface area contributed by atoms with E-state index < -0.39 is 5.54 Å². The van der Waals surface area contributed by atoms with E-state index >= 15 is 0 Å². The summed E-state index contributed by atoms with van der Waals surface area (Å²) in [5.74, 6) is -0.0669. The number of benzene rings is 1. The third-order valence-electron chi connectivity index (χ3n) is 4.28. The van der Waals surface area contributed by atoms with Gasteiger partial charge in [-0.2, -0.15) is 0 Å². The maximum Gasteiger partial charge on any atom is 0.250 e. The van der Waals surface area contributed by atoms with Crippen LogP contribution in [0.15, 0.2) is 18.2 Å². The molecule has 0 aromatic heterocycles. The summed E-state index contributed by atoms with van der Waals surface area (Å²) in [5, 5.41) is 2.93. The summed E-state index contributed by atoms with van der Waals surface area (Å²) in [4.78, 5) is 25.9. The van der Waals surface area contributed by atoms with Gasteiger partial charge in [-0.05, 0) is 50.5 Å². The van der Waals surface area contributed by atoms with Gasteiger partial charge in [0.1, 0.15) is 5.54 Å². The van der Waals surface area contributed by atoms with Crippen LogP contribution in [0.1, 0.15) is 37.8 Å². The minimum Gasteiger partial charge on any atom is -0.328 e. The van der Waals surface area contributed by atoms with E-state index in [2.05, 4.69) is 5.32 Å². The van der Waals surface area contributed by atoms with Crippen LogP contribution in [0.2, 0.25) is 0 Å². The molecule has 20 heavy (non-hydrogen) atoms. The first-order valence-electron chi connectivity index (χ1n) is 7.07. The maximum atomic E-state index is 12.4. The van der Waals surface area contributed by atoms with Gasteiger partial charge < -0.3 is 10.2 Å². The number of nitrogens with zero attached hydrogens (tertiary/aromatic N) is 1. The molecular weight excluding hydrogens is 252 g/mol. The molecule has 4 nitrogen and oxygen atoms in total. The quantitative estimate of drug-likeness (QED) is 0.921. The Labute approximate surface area is 120 Å². The molecule has 0 saturated carbocycles. The van der Waals surface area contributed by atoms with E-state index in [9.17, 15) is 9.59 Å². The van der Waals surface area contributed by atoms with Crippen molar-refractivity contribution in [1.29, 1.82) is 0 Å². The third-order valence-corrected chi connectivity index (χ3v) is 4.28. The van der Waals surface area contributed by atoms with E-state index in [4.69, 9.17) is 0 Å². The Morgan fingerprint density at radius 1 is 1.30 bits per heavy atom. The number of anilines is 1. The lowest BCUT2D eigenvalue weighted by molar-refractivity contribution is -0.154. The topological polar surface area (TPSA) is 49.4 Å². The van der Waals surface area contributed by atoms with Crippen molar-refractivity contribution in [3.05, 3.63) is 29.3 Å². The van der Waals surface area contributed by atoms with Gasteiger partial charge >= 0.3 is 0 Å². The number of hydrogen-bond donors (Lipinski definition) is 1. The molecule has 0 bridgehead atoms. The zero-order chi connectivity index (χ0) is 14.9. The largest absolute Gasteiger partial charge is 0.328 e. The lowest BCUT2D eigenvalue weighted by atomic mass is 9.85. The minimum atomic E-state index is -0.702. The highest BCUT2D eigenvalue weighted by Gasteiger charge is 2.48. The minimum absolute atomic E-state index is 0.0361. The predicted octanol–water partition coefficient (Wildman–Crippen LogP) is 2.64. The van der Waals surface area contributed by atoms with Gasteiger partial charge in [-0.15, -0.1) is 0 Å². The summed E-state index contributed by atoms with van der Waals surface area (Å²) < 4.78 is 0. The highest BCUT2D eigenvalue weighted by molar-refractivity contribution is 6.01. The monoisotopic (exact) mass is 274 g/mol. The van der Waals surface area contributed by atoms with Gasteiger partial charge in [0.2, 0.25) is 11.8 Å². The zero-order valence-corrected chi connectivity index (χ0v) is 12.6. The number of nitrogens with one attached hydrogen (secondary N) is 1. The predicted molar refractivity (Wildman–Crippen MR) is 79.6 cm³/mol. The first kappa shape index (κ1) is 14.6. The summed E-state index contributed by atoms with van der Waals surface area (Å²) in [5.41, 5.74) is 2.42. The summed E-state index contributed by atoms with van der Waals surface area (Å²) >= 11 is 0. The smallest absolute Gasteiger partial charge is 0.250 e. The van der Waals surface area contributed by atoms with Crippen molar-refractivity contribution >= 4 is 17.5 Å². The van der Waals surface area contributed by atoms with E-state index in [1.54, 1.807) is 4.90 Å². The van der Waals surface area contributed by atoms with E-state index in [0.717, 1.165) is 17.7 Å². The summed E-state index contributed by atoms with van der Waals surface area (Å²) in [6.07, 6.45) is 1.15. The molecule has 0 aliphatic carbocycles. The van der Waals surface area contributed by atoms with Crippen LogP contribution < -0.4 is 5.32 Å². The molecule has 4 heteroatoms. The molecule has 1 heterocycles. The Morgan fingerprint density at radius 3 is 2.50 bits per heavy atom. The molecule has 2 rings (SSSR count). The van der Waals surface area contributed by atoms with Crippen LogP contribution in [0, 0.1) is 13.8 Å². The van der Waals surface area contributed by atoms with Gasteiger partial charge in [-0.3, -0.25) is 9.59 Å². The van der Waals surface area contributed by atoms with Crippen molar-refractivity contribution in [2.24, 2.45) is 0 Å². The van der Waals surface area contributed by atoms with Crippen LogP contribution in [-0.4, -0.2) is 28.8 Å². The van der Waals surface area contributed by atoms with Gasteiger partial charge in [-0.25, -0.2) is 0 Å². The maximum absolute atomic E-state index is 12.4. The highest BCUT2D eigenvalue weighted by atomic mass is 16.2. The fourth-order valence-corrected chi connectivity index (χ4v) is 2.47. The SMILES string of the molecule is CCC(=O)N1CCC1(C)C(=O)Nc1ccc(C)c(C)c1. The molecule has 1 aromatic rings. The zero-order valence-electron chi connectivity index (χ0n) is 12.6. The van der Waals surface area contributed by atoms with E-state index in [1.165, 1.54) is 5.56 Å². The van der Waals surface area contributed by atoms with Crippen molar-refractivity contribution in [2.45, 2.75) is 46.1 Å². The average Bonchev–Trinajstić information content (AvgIpc) is 2.40. The molecule has 1 N–H and O–H groups in total. The Bertz CT molecular complexity index is 553. The Kier molecular flexibility index (Phi) is 3.84.